The van der Waals surface area contributed by atoms with Crippen molar-refractivity contribution in [1.29, 1.82) is 0 Å². The van der Waals surface area contributed by atoms with Gasteiger partial charge in [0.15, 0.2) is 0 Å². The van der Waals surface area contributed by atoms with Gasteiger partial charge in [0.1, 0.15) is 0 Å². The Morgan fingerprint density at radius 2 is 0.775 bits per heavy atom. The second-order valence-corrected chi connectivity index (χ2v) is 9.81. The van der Waals surface area contributed by atoms with Crippen molar-refractivity contribution in [2.24, 2.45) is 0 Å². The highest BCUT2D eigenvalue weighted by molar-refractivity contribution is 5.80. The van der Waals surface area contributed by atoms with Gasteiger partial charge in [-0.1, -0.05) is 97.1 Å². The Bertz CT molecular complexity index is 1690. The third-order valence-electron chi connectivity index (χ3n) is 7.24. The first-order chi connectivity index (χ1) is 19.7. The SMILES string of the molecule is CNc1cccc(-c2cc(-c3ccc(-c4cccc(-c5ccccc5)c4)cc3)cc(-c3cccc(NC)c3)n2)c1. The lowest BCUT2D eigenvalue weighted by Gasteiger charge is -2.13. The predicted molar refractivity (Wildman–Crippen MR) is 171 cm³/mol. The van der Waals surface area contributed by atoms with Crippen molar-refractivity contribution < 1.29 is 0 Å². The van der Waals surface area contributed by atoms with Crippen molar-refractivity contribution in [2.75, 3.05) is 24.7 Å². The van der Waals surface area contributed by atoms with Crippen LogP contribution in [0.4, 0.5) is 11.4 Å². The summed E-state index contributed by atoms with van der Waals surface area (Å²) in [6.07, 6.45) is 0. The van der Waals surface area contributed by atoms with E-state index >= 15 is 0 Å². The average molecular weight is 518 g/mol. The lowest BCUT2D eigenvalue weighted by atomic mass is 9.96. The molecule has 6 rings (SSSR count). The monoisotopic (exact) mass is 517 g/mol. The van der Waals surface area contributed by atoms with Gasteiger partial charge in [-0.25, -0.2) is 4.98 Å². The van der Waals surface area contributed by atoms with Crippen LogP contribution in [0.2, 0.25) is 0 Å². The zero-order valence-corrected chi connectivity index (χ0v) is 22.7. The average Bonchev–Trinajstić information content (AvgIpc) is 3.05. The minimum Gasteiger partial charge on any atom is -0.388 e. The van der Waals surface area contributed by atoms with Crippen molar-refractivity contribution in [3.8, 4) is 55.9 Å². The van der Waals surface area contributed by atoms with Gasteiger partial charge < -0.3 is 10.6 Å². The molecule has 3 nitrogen and oxygen atoms in total. The number of nitrogens with one attached hydrogen (secondary N) is 2. The van der Waals surface area contributed by atoms with Crippen LogP contribution in [0.5, 0.6) is 0 Å². The highest BCUT2D eigenvalue weighted by Gasteiger charge is 2.11. The van der Waals surface area contributed by atoms with Crippen LogP contribution in [0, 0.1) is 0 Å². The zero-order chi connectivity index (χ0) is 27.3. The lowest BCUT2D eigenvalue weighted by molar-refractivity contribution is 1.32. The van der Waals surface area contributed by atoms with E-state index in [0.717, 1.165) is 45.0 Å². The summed E-state index contributed by atoms with van der Waals surface area (Å²) >= 11 is 0. The first-order valence-corrected chi connectivity index (χ1v) is 13.5. The molecule has 6 aromatic rings. The molecule has 0 fully saturated rings. The maximum absolute atomic E-state index is 5.10. The predicted octanol–water partition coefficient (Wildman–Crippen LogP) is 9.50. The molecule has 0 bridgehead atoms. The minimum absolute atomic E-state index is 0.944. The first kappa shape index (κ1) is 25.1. The molecular weight excluding hydrogens is 486 g/mol. The second kappa shape index (κ2) is 11.3. The van der Waals surface area contributed by atoms with Crippen LogP contribution < -0.4 is 10.6 Å². The normalized spacial score (nSPS) is 10.8. The van der Waals surface area contributed by atoms with E-state index < -0.39 is 0 Å². The van der Waals surface area contributed by atoms with Gasteiger partial charge in [-0.15, -0.1) is 0 Å². The van der Waals surface area contributed by atoms with Gasteiger partial charge in [0.05, 0.1) is 11.4 Å². The molecule has 0 saturated carbocycles. The van der Waals surface area contributed by atoms with Crippen LogP contribution in [0.1, 0.15) is 0 Å². The largest absolute Gasteiger partial charge is 0.388 e. The van der Waals surface area contributed by atoms with Crippen molar-refractivity contribution in [2.45, 2.75) is 0 Å². The highest BCUT2D eigenvalue weighted by Crippen LogP contribution is 2.33. The van der Waals surface area contributed by atoms with E-state index in [2.05, 4.69) is 150 Å². The summed E-state index contributed by atoms with van der Waals surface area (Å²) in [4.78, 5) is 5.10. The molecular formula is C37H31N3. The van der Waals surface area contributed by atoms with Gasteiger partial charge >= 0.3 is 0 Å². The Hall–Kier alpha value is -5.15. The van der Waals surface area contributed by atoms with E-state index in [0.29, 0.717) is 0 Å². The zero-order valence-electron chi connectivity index (χ0n) is 22.7. The topological polar surface area (TPSA) is 37.0 Å². The number of benzene rings is 5. The molecule has 0 aliphatic carbocycles. The maximum atomic E-state index is 5.10. The number of pyridine rings is 1. The molecule has 3 heteroatoms. The van der Waals surface area contributed by atoms with Crippen molar-refractivity contribution in [3.63, 3.8) is 0 Å². The van der Waals surface area contributed by atoms with Gasteiger partial charge in [-0.3, -0.25) is 0 Å². The number of hydrogen-bond acceptors (Lipinski definition) is 3. The molecule has 5 aromatic carbocycles. The molecule has 0 spiro atoms. The van der Waals surface area contributed by atoms with Crippen LogP contribution >= 0.6 is 0 Å². The smallest absolute Gasteiger partial charge is 0.0716 e. The Kier molecular flexibility index (Phi) is 7.11. The summed E-state index contributed by atoms with van der Waals surface area (Å²) < 4.78 is 0. The summed E-state index contributed by atoms with van der Waals surface area (Å²) in [5, 5.41) is 6.49. The third kappa shape index (κ3) is 5.36. The van der Waals surface area contributed by atoms with Crippen LogP contribution in [0.25, 0.3) is 55.9 Å². The molecule has 0 aliphatic rings. The van der Waals surface area contributed by atoms with E-state index in [1.165, 1.54) is 22.3 Å². The Morgan fingerprint density at radius 3 is 1.30 bits per heavy atom. The quantitative estimate of drug-likeness (QED) is 0.221. The number of nitrogens with zero attached hydrogens (tertiary/aromatic N) is 1. The first-order valence-electron chi connectivity index (χ1n) is 13.5. The molecule has 0 amide bonds. The fourth-order valence-corrected chi connectivity index (χ4v) is 5.03. The summed E-state index contributed by atoms with van der Waals surface area (Å²) in [7, 11) is 3.88. The van der Waals surface area contributed by atoms with Crippen molar-refractivity contribution in [1.82, 2.24) is 4.98 Å². The molecule has 194 valence electrons. The molecule has 0 aliphatic heterocycles. The Morgan fingerprint density at radius 1 is 0.350 bits per heavy atom. The van der Waals surface area contributed by atoms with E-state index in [1.807, 2.05) is 14.1 Å². The summed E-state index contributed by atoms with van der Waals surface area (Å²) in [5.41, 5.74) is 13.3. The van der Waals surface area contributed by atoms with E-state index in [1.54, 1.807) is 0 Å². The van der Waals surface area contributed by atoms with E-state index in [-0.39, 0.29) is 0 Å². The highest BCUT2D eigenvalue weighted by atomic mass is 14.8. The third-order valence-corrected chi connectivity index (χ3v) is 7.24. The Labute approximate surface area is 236 Å². The van der Waals surface area contributed by atoms with Crippen LogP contribution in [-0.4, -0.2) is 19.1 Å². The maximum Gasteiger partial charge on any atom is 0.0716 e. The van der Waals surface area contributed by atoms with E-state index in [9.17, 15) is 0 Å². The van der Waals surface area contributed by atoms with Crippen LogP contribution in [0.15, 0.2) is 140 Å². The van der Waals surface area contributed by atoms with E-state index in [4.69, 9.17) is 4.98 Å². The molecule has 0 saturated heterocycles. The van der Waals surface area contributed by atoms with Gasteiger partial charge in [-0.05, 0) is 75.8 Å². The summed E-state index contributed by atoms with van der Waals surface area (Å²) in [6, 6.07) is 49.2. The fraction of sp³-hybridized carbons (Fsp3) is 0.0541. The molecule has 1 heterocycles. The Balaban J connectivity index is 1.40. The van der Waals surface area contributed by atoms with Gasteiger partial charge in [-0.2, -0.15) is 0 Å². The van der Waals surface area contributed by atoms with Gasteiger partial charge in [0, 0.05) is 36.6 Å². The minimum atomic E-state index is 0.944. The van der Waals surface area contributed by atoms with Crippen molar-refractivity contribution in [3.05, 3.63) is 140 Å². The second-order valence-electron chi connectivity index (χ2n) is 9.81. The number of hydrogen-bond donors (Lipinski definition) is 2. The number of aromatic nitrogens is 1. The van der Waals surface area contributed by atoms with Crippen LogP contribution in [0.3, 0.4) is 0 Å². The van der Waals surface area contributed by atoms with Gasteiger partial charge in [0.2, 0.25) is 0 Å². The molecule has 0 atom stereocenters. The molecule has 0 radical (unpaired) electrons. The fourth-order valence-electron chi connectivity index (χ4n) is 5.03. The number of anilines is 2. The lowest BCUT2D eigenvalue weighted by Crippen LogP contribution is -1.94. The number of rotatable bonds is 7. The molecule has 40 heavy (non-hydrogen) atoms. The van der Waals surface area contributed by atoms with Gasteiger partial charge in [0.25, 0.3) is 0 Å². The van der Waals surface area contributed by atoms with Crippen molar-refractivity contribution >= 4 is 11.4 Å². The molecule has 0 unspecified atom stereocenters. The summed E-state index contributed by atoms with van der Waals surface area (Å²) in [6.45, 7) is 0. The molecule has 2 N–H and O–H groups in total. The standard InChI is InChI=1S/C37H31N3/c1-38-34-15-7-13-31(22-34)36-24-33(25-37(40-36)32-14-8-16-35(23-32)39-2)28-19-17-27(18-20-28)30-12-6-11-29(21-30)26-9-4-3-5-10-26/h3-25,38-39H,1-2H3. The van der Waals surface area contributed by atoms with Crippen LogP contribution in [-0.2, 0) is 0 Å². The summed E-state index contributed by atoms with van der Waals surface area (Å²) in [5.74, 6) is 0. The molecule has 1 aromatic heterocycles.